The molecule has 1 atom stereocenters. The summed E-state index contributed by atoms with van der Waals surface area (Å²) in [7, 11) is 0. The van der Waals surface area contributed by atoms with E-state index in [-0.39, 0.29) is 17.9 Å². The van der Waals surface area contributed by atoms with E-state index in [0.717, 1.165) is 35.9 Å². The minimum Gasteiger partial charge on any atom is -0.450 e. The summed E-state index contributed by atoms with van der Waals surface area (Å²) < 4.78 is 6.44. The highest BCUT2D eigenvalue weighted by atomic mass is 32.2. The molecule has 0 fully saturated rings. The number of thiophene rings is 1. The molecule has 0 saturated heterocycles. The van der Waals surface area contributed by atoms with Crippen LogP contribution in [-0.2, 0) is 28.9 Å². The highest BCUT2D eigenvalue weighted by Gasteiger charge is 2.25. The van der Waals surface area contributed by atoms with E-state index < -0.39 is 12.0 Å². The van der Waals surface area contributed by atoms with Gasteiger partial charge in [0.25, 0.3) is 5.56 Å². The third kappa shape index (κ3) is 5.24. The second-order valence-electron chi connectivity index (χ2n) is 8.12. The summed E-state index contributed by atoms with van der Waals surface area (Å²) in [5, 5.41) is 3.47. The molecular formula is C21H29N3O4S2. The van der Waals surface area contributed by atoms with Gasteiger partial charge in [0.2, 0.25) is 5.91 Å². The average Bonchev–Trinajstić information content (AvgIpc) is 3.03. The monoisotopic (exact) mass is 451 g/mol. The molecule has 164 valence electrons. The average molecular weight is 452 g/mol. The van der Waals surface area contributed by atoms with Gasteiger partial charge in [-0.3, -0.25) is 19.5 Å². The smallest absolute Gasteiger partial charge is 0.413 e. The van der Waals surface area contributed by atoms with Crippen molar-refractivity contribution in [2.75, 3.05) is 12.4 Å². The predicted molar refractivity (Wildman–Crippen MR) is 120 cm³/mol. The zero-order valence-electron chi connectivity index (χ0n) is 17.9. The first-order chi connectivity index (χ1) is 14.3. The normalized spacial score (nSPS) is 16.0. The Morgan fingerprint density at radius 1 is 1.40 bits per heavy atom. The molecule has 1 aliphatic rings. The van der Waals surface area contributed by atoms with Crippen LogP contribution >= 0.6 is 23.1 Å². The van der Waals surface area contributed by atoms with Crippen LogP contribution in [0.2, 0.25) is 0 Å². The summed E-state index contributed by atoms with van der Waals surface area (Å²) in [5.41, 5.74) is 1.15. The highest BCUT2D eigenvalue weighted by molar-refractivity contribution is 7.99. The standard InChI is InChI=1S/C21H29N3O4S2/c1-5-28-21(27)22-16(25)11-29-20-23-18-17(19(26)24(20)9-8-12(2)3)14-7-6-13(4)10-15(14)30-18/h12-13H,5-11H2,1-4H3,(H,22,25,27). The molecule has 1 unspecified atom stereocenters. The second kappa shape index (κ2) is 9.96. The Kier molecular flexibility index (Phi) is 7.57. The summed E-state index contributed by atoms with van der Waals surface area (Å²) in [4.78, 5) is 43.8. The molecule has 0 radical (unpaired) electrons. The minimum absolute atomic E-state index is 0.0130. The fraction of sp³-hybridized carbons (Fsp3) is 0.619. The lowest BCUT2D eigenvalue weighted by Gasteiger charge is -2.18. The van der Waals surface area contributed by atoms with Crippen LogP contribution in [0.5, 0.6) is 0 Å². The third-order valence-electron chi connectivity index (χ3n) is 5.16. The van der Waals surface area contributed by atoms with Crippen LogP contribution in [0.3, 0.4) is 0 Å². The van der Waals surface area contributed by atoms with Crippen molar-refractivity contribution in [3.63, 3.8) is 0 Å². The largest absolute Gasteiger partial charge is 0.450 e. The topological polar surface area (TPSA) is 90.3 Å². The number of ether oxygens (including phenoxy) is 1. The first kappa shape index (κ1) is 22.8. The fourth-order valence-electron chi connectivity index (χ4n) is 3.55. The van der Waals surface area contributed by atoms with Gasteiger partial charge < -0.3 is 4.74 Å². The van der Waals surface area contributed by atoms with Crippen LogP contribution in [0.4, 0.5) is 4.79 Å². The van der Waals surface area contributed by atoms with Gasteiger partial charge in [-0.05, 0) is 50.0 Å². The van der Waals surface area contributed by atoms with Gasteiger partial charge in [0, 0.05) is 11.4 Å². The zero-order chi connectivity index (χ0) is 21.8. The minimum atomic E-state index is -0.760. The van der Waals surface area contributed by atoms with Gasteiger partial charge in [0.15, 0.2) is 5.16 Å². The molecule has 1 aliphatic carbocycles. The molecule has 2 aromatic heterocycles. The number of alkyl carbamates (subject to hydrolysis) is 1. The van der Waals surface area contributed by atoms with Gasteiger partial charge in [0.1, 0.15) is 4.83 Å². The Bertz CT molecular complexity index is 996. The maximum Gasteiger partial charge on any atom is 0.413 e. The molecule has 0 spiro atoms. The zero-order valence-corrected chi connectivity index (χ0v) is 19.6. The van der Waals surface area contributed by atoms with E-state index in [9.17, 15) is 14.4 Å². The van der Waals surface area contributed by atoms with Crippen LogP contribution in [-0.4, -0.2) is 33.9 Å². The number of amides is 2. The van der Waals surface area contributed by atoms with Crippen molar-refractivity contribution >= 4 is 45.3 Å². The molecule has 2 heterocycles. The lowest BCUT2D eigenvalue weighted by atomic mass is 9.89. The number of carbonyl (C=O) groups is 2. The first-order valence-corrected chi connectivity index (χ1v) is 12.2. The number of nitrogens with zero attached hydrogens (tertiary/aromatic N) is 2. The van der Waals surface area contributed by atoms with E-state index in [1.165, 1.54) is 22.2 Å². The molecule has 0 aromatic carbocycles. The van der Waals surface area contributed by atoms with E-state index in [1.54, 1.807) is 22.8 Å². The van der Waals surface area contributed by atoms with Crippen molar-refractivity contribution in [2.24, 2.45) is 11.8 Å². The van der Waals surface area contributed by atoms with E-state index in [4.69, 9.17) is 9.72 Å². The quantitative estimate of drug-likeness (QED) is 0.506. The Balaban J connectivity index is 1.91. The third-order valence-corrected chi connectivity index (χ3v) is 7.28. The maximum atomic E-state index is 13.4. The van der Waals surface area contributed by atoms with Crippen LogP contribution < -0.4 is 10.9 Å². The van der Waals surface area contributed by atoms with E-state index in [2.05, 4.69) is 26.1 Å². The van der Waals surface area contributed by atoms with Crippen molar-refractivity contribution in [3.05, 3.63) is 20.8 Å². The second-order valence-corrected chi connectivity index (χ2v) is 10.1. The van der Waals surface area contributed by atoms with Crippen molar-refractivity contribution in [1.82, 2.24) is 14.9 Å². The predicted octanol–water partition coefficient (Wildman–Crippen LogP) is 3.99. The number of aromatic nitrogens is 2. The van der Waals surface area contributed by atoms with Gasteiger partial charge in [-0.1, -0.05) is 32.5 Å². The Morgan fingerprint density at radius 3 is 2.87 bits per heavy atom. The van der Waals surface area contributed by atoms with E-state index in [0.29, 0.717) is 23.5 Å². The summed E-state index contributed by atoms with van der Waals surface area (Å²) in [6.45, 7) is 8.90. The van der Waals surface area contributed by atoms with Crippen LogP contribution in [0.15, 0.2) is 9.95 Å². The molecule has 9 heteroatoms. The van der Waals surface area contributed by atoms with Crippen molar-refractivity contribution in [2.45, 2.75) is 65.1 Å². The summed E-state index contributed by atoms with van der Waals surface area (Å²) >= 11 is 2.79. The van der Waals surface area contributed by atoms with Gasteiger partial charge in [-0.2, -0.15) is 0 Å². The number of aryl methyl sites for hydroxylation is 1. The highest BCUT2D eigenvalue weighted by Crippen LogP contribution is 2.36. The number of hydrogen-bond donors (Lipinski definition) is 1. The van der Waals surface area contributed by atoms with E-state index in [1.807, 2.05) is 0 Å². The molecular weight excluding hydrogens is 422 g/mol. The number of imide groups is 1. The molecule has 30 heavy (non-hydrogen) atoms. The number of rotatable bonds is 7. The first-order valence-electron chi connectivity index (χ1n) is 10.4. The fourth-order valence-corrected chi connectivity index (χ4v) is 5.80. The Hall–Kier alpha value is -1.87. The Morgan fingerprint density at radius 2 is 2.17 bits per heavy atom. The molecule has 7 nitrogen and oxygen atoms in total. The van der Waals surface area contributed by atoms with Crippen LogP contribution in [0.25, 0.3) is 10.2 Å². The molecule has 1 N–H and O–H groups in total. The summed E-state index contributed by atoms with van der Waals surface area (Å²) in [6, 6.07) is 0. The lowest BCUT2D eigenvalue weighted by molar-refractivity contribution is -0.117. The number of thioether (sulfide) groups is 1. The number of carbonyl (C=O) groups excluding carboxylic acids is 2. The molecule has 2 aromatic rings. The van der Waals surface area contributed by atoms with Crippen LogP contribution in [0.1, 0.15) is 51.0 Å². The molecule has 3 rings (SSSR count). The van der Waals surface area contributed by atoms with Gasteiger partial charge in [-0.15, -0.1) is 11.3 Å². The van der Waals surface area contributed by atoms with Gasteiger partial charge >= 0.3 is 6.09 Å². The molecule has 0 aliphatic heterocycles. The number of fused-ring (bicyclic) bond motifs is 3. The summed E-state index contributed by atoms with van der Waals surface area (Å²) in [5.74, 6) is 0.576. The SMILES string of the molecule is CCOC(=O)NC(=O)CSc1nc2sc3c(c2c(=O)n1CCC(C)C)CCC(C)C3. The van der Waals surface area contributed by atoms with Crippen molar-refractivity contribution in [1.29, 1.82) is 0 Å². The summed E-state index contributed by atoms with van der Waals surface area (Å²) in [6.07, 6.45) is 3.09. The molecule has 0 saturated carbocycles. The van der Waals surface area contributed by atoms with Crippen molar-refractivity contribution in [3.8, 4) is 0 Å². The van der Waals surface area contributed by atoms with Gasteiger partial charge in [0.05, 0.1) is 17.7 Å². The lowest BCUT2D eigenvalue weighted by Crippen LogP contribution is -2.32. The number of nitrogens with one attached hydrogen (secondary N) is 1. The molecule has 2 amide bonds. The van der Waals surface area contributed by atoms with E-state index >= 15 is 0 Å². The maximum absolute atomic E-state index is 13.4. The molecule has 0 bridgehead atoms. The Labute approximate surface area is 184 Å². The van der Waals surface area contributed by atoms with Crippen LogP contribution in [0, 0.1) is 11.8 Å². The number of hydrogen-bond acceptors (Lipinski definition) is 7. The van der Waals surface area contributed by atoms with Crippen molar-refractivity contribution < 1.29 is 14.3 Å². The van der Waals surface area contributed by atoms with Gasteiger partial charge in [-0.25, -0.2) is 9.78 Å².